The average Bonchev–Trinajstić information content (AvgIpc) is 2.39. The van der Waals surface area contributed by atoms with E-state index in [4.69, 9.17) is 11.6 Å². The van der Waals surface area contributed by atoms with Gasteiger partial charge in [-0.05, 0) is 25.5 Å². The summed E-state index contributed by atoms with van der Waals surface area (Å²) in [4.78, 5) is 8.50. The predicted molar refractivity (Wildman–Crippen MR) is 76.0 cm³/mol. The quantitative estimate of drug-likeness (QED) is 0.743. The van der Waals surface area contributed by atoms with Crippen LogP contribution in [0.4, 0.5) is 8.78 Å². The molecule has 1 aromatic heterocycles. The lowest BCUT2D eigenvalue weighted by Gasteiger charge is -2.12. The zero-order valence-electron chi connectivity index (χ0n) is 11.8. The van der Waals surface area contributed by atoms with E-state index in [-0.39, 0.29) is 22.2 Å². The van der Waals surface area contributed by atoms with Gasteiger partial charge in [-0.25, -0.2) is 18.7 Å². The van der Waals surface area contributed by atoms with Crippen LogP contribution in [-0.4, -0.2) is 9.97 Å². The second-order valence-electron chi connectivity index (χ2n) is 5.06. The molecule has 106 valence electrons. The Morgan fingerprint density at radius 2 is 1.70 bits per heavy atom. The molecule has 0 saturated heterocycles. The van der Waals surface area contributed by atoms with Gasteiger partial charge in [0, 0.05) is 17.0 Å². The highest BCUT2D eigenvalue weighted by molar-refractivity contribution is 6.30. The van der Waals surface area contributed by atoms with Gasteiger partial charge in [0.05, 0.1) is 5.69 Å². The average molecular weight is 297 g/mol. The van der Waals surface area contributed by atoms with E-state index in [0.29, 0.717) is 17.1 Å². The highest BCUT2D eigenvalue weighted by atomic mass is 35.5. The Morgan fingerprint density at radius 1 is 1.05 bits per heavy atom. The van der Waals surface area contributed by atoms with Crippen molar-refractivity contribution in [2.45, 2.75) is 33.6 Å². The van der Waals surface area contributed by atoms with Crippen LogP contribution in [0.5, 0.6) is 0 Å². The molecule has 0 radical (unpaired) electrons. The van der Waals surface area contributed by atoms with E-state index < -0.39 is 11.6 Å². The lowest BCUT2D eigenvalue weighted by atomic mass is 10.0. The van der Waals surface area contributed by atoms with Crippen LogP contribution >= 0.6 is 11.6 Å². The summed E-state index contributed by atoms with van der Waals surface area (Å²) in [5, 5.41) is 0.263. The summed E-state index contributed by atoms with van der Waals surface area (Å²) in [6, 6.07) is 3.04. The summed E-state index contributed by atoms with van der Waals surface area (Å²) in [6.45, 7) is 7.04. The number of nitrogens with zero attached hydrogens (tertiary/aromatic N) is 2. The Bertz CT molecular complexity index is 669. The van der Waals surface area contributed by atoms with Crippen molar-refractivity contribution in [2.24, 2.45) is 0 Å². The lowest BCUT2D eigenvalue weighted by Crippen LogP contribution is -2.04. The predicted octanol–water partition coefficient (Wildman–Crippen LogP) is 4.82. The minimum Gasteiger partial charge on any atom is -0.232 e. The molecule has 0 aliphatic rings. The first-order chi connectivity index (χ1) is 9.32. The highest BCUT2D eigenvalue weighted by Crippen LogP contribution is 2.31. The molecule has 2 rings (SSSR count). The molecule has 0 N–H and O–H groups in total. The van der Waals surface area contributed by atoms with Gasteiger partial charge < -0.3 is 0 Å². The molecule has 2 aromatic rings. The van der Waals surface area contributed by atoms with Crippen LogP contribution in [0.15, 0.2) is 12.1 Å². The summed E-state index contributed by atoms with van der Waals surface area (Å²) in [6.07, 6.45) is 0. The zero-order valence-corrected chi connectivity index (χ0v) is 12.5. The third-order valence-electron chi connectivity index (χ3n) is 3.15. The van der Waals surface area contributed by atoms with Crippen molar-refractivity contribution in [3.05, 3.63) is 45.9 Å². The highest BCUT2D eigenvalue weighted by Gasteiger charge is 2.19. The SMILES string of the molecule is Cc1ccc(-c2nc(C(C)C)nc(Cl)c2C)c(F)c1F. The molecular weight excluding hydrogens is 282 g/mol. The Labute approximate surface area is 121 Å². The first-order valence-electron chi connectivity index (χ1n) is 6.32. The first kappa shape index (κ1) is 14.9. The van der Waals surface area contributed by atoms with Crippen molar-refractivity contribution < 1.29 is 8.78 Å². The molecule has 20 heavy (non-hydrogen) atoms. The second kappa shape index (κ2) is 5.44. The fourth-order valence-corrected chi connectivity index (χ4v) is 2.03. The van der Waals surface area contributed by atoms with Crippen molar-refractivity contribution in [2.75, 3.05) is 0 Å². The maximum absolute atomic E-state index is 14.1. The van der Waals surface area contributed by atoms with Gasteiger partial charge in [-0.1, -0.05) is 31.5 Å². The van der Waals surface area contributed by atoms with E-state index >= 15 is 0 Å². The van der Waals surface area contributed by atoms with Gasteiger partial charge in [-0.3, -0.25) is 0 Å². The second-order valence-corrected chi connectivity index (χ2v) is 5.42. The first-order valence-corrected chi connectivity index (χ1v) is 6.69. The van der Waals surface area contributed by atoms with Crippen LogP contribution in [0.25, 0.3) is 11.3 Å². The van der Waals surface area contributed by atoms with Crippen molar-refractivity contribution in [1.82, 2.24) is 9.97 Å². The number of hydrogen-bond donors (Lipinski definition) is 0. The molecule has 1 heterocycles. The maximum Gasteiger partial charge on any atom is 0.168 e. The summed E-state index contributed by atoms with van der Waals surface area (Å²) in [5.41, 5.74) is 1.24. The summed E-state index contributed by atoms with van der Waals surface area (Å²) in [5.74, 6) is -1.21. The van der Waals surface area contributed by atoms with Crippen molar-refractivity contribution in [1.29, 1.82) is 0 Å². The van der Waals surface area contributed by atoms with E-state index in [9.17, 15) is 8.78 Å². The van der Waals surface area contributed by atoms with E-state index in [2.05, 4.69) is 9.97 Å². The molecule has 0 fully saturated rings. The third kappa shape index (κ3) is 2.52. The van der Waals surface area contributed by atoms with Crippen LogP contribution in [0, 0.1) is 25.5 Å². The largest absolute Gasteiger partial charge is 0.232 e. The van der Waals surface area contributed by atoms with E-state index in [0.717, 1.165) is 0 Å². The van der Waals surface area contributed by atoms with Crippen LogP contribution in [-0.2, 0) is 0 Å². The number of hydrogen-bond acceptors (Lipinski definition) is 2. The summed E-state index contributed by atoms with van der Waals surface area (Å²) >= 11 is 6.07. The minimum atomic E-state index is -0.905. The van der Waals surface area contributed by atoms with E-state index in [1.807, 2.05) is 13.8 Å². The van der Waals surface area contributed by atoms with E-state index in [1.54, 1.807) is 6.92 Å². The zero-order chi connectivity index (χ0) is 15.0. The minimum absolute atomic E-state index is 0.0465. The van der Waals surface area contributed by atoms with Crippen LogP contribution in [0.1, 0.15) is 36.7 Å². The molecule has 0 aliphatic carbocycles. The van der Waals surface area contributed by atoms with Gasteiger partial charge in [0.1, 0.15) is 11.0 Å². The van der Waals surface area contributed by atoms with Crippen molar-refractivity contribution in [3.8, 4) is 11.3 Å². The van der Waals surface area contributed by atoms with Gasteiger partial charge in [-0.2, -0.15) is 0 Å². The van der Waals surface area contributed by atoms with Crippen LogP contribution in [0.3, 0.4) is 0 Å². The molecule has 0 atom stereocenters. The lowest BCUT2D eigenvalue weighted by molar-refractivity contribution is 0.505. The molecule has 2 nitrogen and oxygen atoms in total. The van der Waals surface area contributed by atoms with Gasteiger partial charge >= 0.3 is 0 Å². The molecule has 1 aromatic carbocycles. The fourth-order valence-electron chi connectivity index (χ4n) is 1.85. The van der Waals surface area contributed by atoms with Crippen molar-refractivity contribution >= 4 is 11.6 Å². The fraction of sp³-hybridized carbons (Fsp3) is 0.333. The summed E-state index contributed by atoms with van der Waals surface area (Å²) < 4.78 is 27.8. The molecular formula is C15H15ClF2N2. The maximum atomic E-state index is 14.1. The molecule has 0 saturated carbocycles. The Balaban J connectivity index is 2.72. The molecule has 0 aliphatic heterocycles. The number of aryl methyl sites for hydroxylation is 1. The number of halogens is 3. The Hall–Kier alpha value is -1.55. The molecule has 0 bridgehead atoms. The molecule has 0 amide bonds. The number of aromatic nitrogens is 2. The topological polar surface area (TPSA) is 25.8 Å². The van der Waals surface area contributed by atoms with Gasteiger partial charge in [0.15, 0.2) is 11.6 Å². The monoisotopic (exact) mass is 296 g/mol. The van der Waals surface area contributed by atoms with Gasteiger partial charge in [-0.15, -0.1) is 0 Å². The van der Waals surface area contributed by atoms with E-state index in [1.165, 1.54) is 19.1 Å². The van der Waals surface area contributed by atoms with Gasteiger partial charge in [0.25, 0.3) is 0 Å². The molecule has 0 spiro atoms. The van der Waals surface area contributed by atoms with Crippen LogP contribution in [0.2, 0.25) is 5.15 Å². The van der Waals surface area contributed by atoms with Gasteiger partial charge in [0.2, 0.25) is 0 Å². The number of benzene rings is 1. The van der Waals surface area contributed by atoms with Crippen LogP contribution < -0.4 is 0 Å². The Morgan fingerprint density at radius 3 is 2.30 bits per heavy atom. The smallest absolute Gasteiger partial charge is 0.168 e. The summed E-state index contributed by atoms with van der Waals surface area (Å²) in [7, 11) is 0. The van der Waals surface area contributed by atoms with Crippen molar-refractivity contribution in [3.63, 3.8) is 0 Å². The third-order valence-corrected chi connectivity index (χ3v) is 3.52. The standard InChI is InChI=1S/C15H15ClF2N2/c1-7(2)15-19-13(9(4)14(16)20-15)10-6-5-8(3)11(17)12(10)18/h5-7H,1-4H3. The normalized spacial score (nSPS) is 11.2. The molecule has 5 heteroatoms. The number of rotatable bonds is 2. The molecule has 0 unspecified atom stereocenters. The Kier molecular flexibility index (Phi) is 4.04.